The molecule has 0 spiro atoms. The fourth-order valence-electron chi connectivity index (χ4n) is 4.25. The van der Waals surface area contributed by atoms with Crippen molar-refractivity contribution in [2.24, 2.45) is 0 Å². The van der Waals surface area contributed by atoms with Crippen LogP contribution < -0.4 is 0 Å². The minimum absolute atomic E-state index is 0.686. The van der Waals surface area contributed by atoms with Crippen LogP contribution in [0.4, 0.5) is 0 Å². The second-order valence-corrected chi connectivity index (χ2v) is 13.8. The predicted molar refractivity (Wildman–Crippen MR) is 162 cm³/mol. The van der Waals surface area contributed by atoms with E-state index < -0.39 is 0 Å². The quantitative estimate of drug-likeness (QED) is 0.214. The second-order valence-electron chi connectivity index (χ2n) is 8.42. The Balaban J connectivity index is 1.19. The van der Waals surface area contributed by atoms with Gasteiger partial charge in [-0.1, -0.05) is 24.3 Å². The van der Waals surface area contributed by atoms with E-state index in [0.717, 1.165) is 11.1 Å². The number of fused-ring (bicyclic) bond motifs is 3. The minimum Gasteiger partial charge on any atom is -0.192 e. The van der Waals surface area contributed by atoms with Gasteiger partial charge in [0.2, 0.25) is 0 Å². The number of nitriles is 2. The summed E-state index contributed by atoms with van der Waals surface area (Å²) in [7, 11) is 0. The topological polar surface area (TPSA) is 47.6 Å². The standard InChI is InChI=1S/C30H14N2S5/c31-15-17-1-5-19(6-2-17)21-9-11-23(33-21)25-13-27-29(36-25)30-28(35-27)14-26(37-30)24-12-10-22(34-24)20-7-3-18(16-32)4-8-20/h1-14H. The fraction of sp³-hybridized carbons (Fsp3) is 0. The van der Waals surface area contributed by atoms with Crippen LogP contribution in [0.15, 0.2) is 84.9 Å². The van der Waals surface area contributed by atoms with Gasteiger partial charge in [-0.15, -0.1) is 56.7 Å². The molecule has 174 valence electrons. The molecule has 0 amide bonds. The van der Waals surface area contributed by atoms with Crippen molar-refractivity contribution in [2.75, 3.05) is 0 Å². The van der Waals surface area contributed by atoms with Crippen molar-refractivity contribution < 1.29 is 0 Å². The summed E-state index contributed by atoms with van der Waals surface area (Å²) in [6.45, 7) is 0. The summed E-state index contributed by atoms with van der Waals surface area (Å²) in [5, 5.41) is 18.1. The highest BCUT2D eigenvalue weighted by Crippen LogP contribution is 2.50. The molecule has 0 radical (unpaired) electrons. The molecule has 7 rings (SSSR count). The van der Waals surface area contributed by atoms with Gasteiger partial charge in [-0.25, -0.2) is 0 Å². The van der Waals surface area contributed by atoms with Crippen molar-refractivity contribution in [3.63, 3.8) is 0 Å². The summed E-state index contributed by atoms with van der Waals surface area (Å²) in [5.41, 5.74) is 3.67. The van der Waals surface area contributed by atoms with Gasteiger partial charge in [-0.2, -0.15) is 10.5 Å². The number of thiophene rings is 5. The third-order valence-corrected chi connectivity index (χ3v) is 12.6. The fourth-order valence-corrected chi connectivity index (χ4v) is 10.5. The van der Waals surface area contributed by atoms with Crippen LogP contribution >= 0.6 is 56.7 Å². The van der Waals surface area contributed by atoms with Gasteiger partial charge in [-0.05, 0) is 71.8 Å². The molecular weight excluding hydrogens is 549 g/mol. The van der Waals surface area contributed by atoms with Crippen molar-refractivity contribution in [3.05, 3.63) is 96.1 Å². The molecule has 0 unspecified atom stereocenters. The lowest BCUT2D eigenvalue weighted by atomic mass is 10.1. The molecule has 0 saturated heterocycles. The van der Waals surface area contributed by atoms with Crippen molar-refractivity contribution in [1.82, 2.24) is 0 Å². The first kappa shape index (κ1) is 22.6. The Morgan fingerprint density at radius 1 is 0.405 bits per heavy atom. The van der Waals surface area contributed by atoms with Crippen LogP contribution in [0.5, 0.6) is 0 Å². The van der Waals surface area contributed by atoms with E-state index >= 15 is 0 Å². The van der Waals surface area contributed by atoms with Crippen LogP contribution in [0.25, 0.3) is 59.2 Å². The van der Waals surface area contributed by atoms with Gasteiger partial charge in [0.05, 0.1) is 32.7 Å². The van der Waals surface area contributed by atoms with E-state index in [9.17, 15) is 0 Å². The normalized spacial score (nSPS) is 11.2. The Bertz CT molecular complexity index is 1850. The summed E-state index contributed by atoms with van der Waals surface area (Å²) in [5.74, 6) is 0. The zero-order chi connectivity index (χ0) is 24.9. The smallest absolute Gasteiger partial charge is 0.0991 e. The summed E-state index contributed by atoms with van der Waals surface area (Å²) in [4.78, 5) is 7.61. The van der Waals surface area contributed by atoms with Crippen LogP contribution in [0.3, 0.4) is 0 Å². The molecule has 37 heavy (non-hydrogen) atoms. The number of benzene rings is 2. The zero-order valence-corrected chi connectivity index (χ0v) is 23.1. The number of rotatable bonds is 4. The highest BCUT2D eigenvalue weighted by molar-refractivity contribution is 7.41. The maximum Gasteiger partial charge on any atom is 0.0991 e. The Hall–Kier alpha value is -3.56. The average molecular weight is 563 g/mol. The van der Waals surface area contributed by atoms with Crippen molar-refractivity contribution in [1.29, 1.82) is 10.5 Å². The summed E-state index contributed by atoms with van der Waals surface area (Å²) in [6, 6.07) is 33.4. The largest absolute Gasteiger partial charge is 0.192 e. The first-order chi connectivity index (χ1) is 18.2. The lowest BCUT2D eigenvalue weighted by Crippen LogP contribution is -1.74. The third kappa shape index (κ3) is 4.02. The molecule has 0 N–H and O–H groups in total. The SMILES string of the molecule is N#Cc1ccc(-c2ccc(-c3cc4sc5cc(-c6ccc(-c7ccc(C#N)cc7)s6)sc5c4s3)s2)cc1. The maximum absolute atomic E-state index is 9.05. The summed E-state index contributed by atoms with van der Waals surface area (Å²) < 4.78 is 5.46. The Morgan fingerprint density at radius 3 is 1.22 bits per heavy atom. The highest BCUT2D eigenvalue weighted by atomic mass is 32.1. The van der Waals surface area contributed by atoms with Crippen LogP contribution in [0, 0.1) is 22.7 Å². The van der Waals surface area contributed by atoms with E-state index in [2.05, 4.69) is 48.5 Å². The van der Waals surface area contributed by atoms with Crippen molar-refractivity contribution in [2.45, 2.75) is 0 Å². The molecule has 2 aromatic carbocycles. The molecule has 5 aromatic heterocycles. The summed E-state index contributed by atoms with van der Waals surface area (Å²) >= 11 is 9.24. The number of nitrogens with zero attached hydrogens (tertiary/aromatic N) is 2. The first-order valence-electron chi connectivity index (χ1n) is 11.4. The lowest BCUT2D eigenvalue weighted by molar-refractivity contribution is 1.49. The molecule has 5 heterocycles. The average Bonchev–Trinajstić information content (AvgIpc) is 3.75. The molecule has 0 saturated carbocycles. The van der Waals surface area contributed by atoms with Crippen molar-refractivity contribution in [3.8, 4) is 52.5 Å². The van der Waals surface area contributed by atoms with E-state index in [1.165, 1.54) is 48.1 Å². The van der Waals surface area contributed by atoms with Crippen LogP contribution in [0.2, 0.25) is 0 Å². The van der Waals surface area contributed by atoms with Crippen LogP contribution in [-0.4, -0.2) is 0 Å². The van der Waals surface area contributed by atoms with Gasteiger partial charge in [0, 0.05) is 38.7 Å². The third-order valence-electron chi connectivity index (χ3n) is 6.12. The van der Waals surface area contributed by atoms with E-state index in [1.807, 2.05) is 82.5 Å². The number of hydrogen-bond acceptors (Lipinski definition) is 7. The van der Waals surface area contributed by atoms with E-state index in [-0.39, 0.29) is 0 Å². The molecule has 0 aliphatic carbocycles. The zero-order valence-electron chi connectivity index (χ0n) is 19.0. The van der Waals surface area contributed by atoms with Gasteiger partial charge in [0.25, 0.3) is 0 Å². The maximum atomic E-state index is 9.05. The van der Waals surface area contributed by atoms with Gasteiger partial charge < -0.3 is 0 Å². The van der Waals surface area contributed by atoms with Crippen LogP contribution in [0.1, 0.15) is 11.1 Å². The molecule has 0 aliphatic rings. The van der Waals surface area contributed by atoms with Crippen LogP contribution in [-0.2, 0) is 0 Å². The molecule has 0 bridgehead atoms. The monoisotopic (exact) mass is 562 g/mol. The van der Waals surface area contributed by atoms with Gasteiger partial charge in [-0.3, -0.25) is 0 Å². The van der Waals surface area contributed by atoms with Gasteiger partial charge in [0.1, 0.15) is 0 Å². The molecule has 0 atom stereocenters. The minimum atomic E-state index is 0.686. The number of hydrogen-bond donors (Lipinski definition) is 0. The van der Waals surface area contributed by atoms with E-state index in [4.69, 9.17) is 10.5 Å². The first-order valence-corrected chi connectivity index (χ1v) is 15.4. The molecule has 2 nitrogen and oxygen atoms in total. The second kappa shape index (κ2) is 9.08. The Labute approximate surface area is 233 Å². The molecule has 0 fully saturated rings. The summed E-state index contributed by atoms with van der Waals surface area (Å²) in [6.07, 6.45) is 0. The van der Waals surface area contributed by atoms with Crippen molar-refractivity contribution >= 4 is 75.5 Å². The predicted octanol–water partition coefficient (Wildman–Crippen LogP) is 10.7. The molecule has 7 heteroatoms. The molecular formula is C30H14N2S5. The lowest BCUT2D eigenvalue weighted by Gasteiger charge is -1.96. The highest BCUT2D eigenvalue weighted by Gasteiger charge is 2.17. The Kier molecular flexibility index (Phi) is 5.55. The molecule has 0 aliphatic heterocycles. The van der Waals surface area contributed by atoms with Gasteiger partial charge >= 0.3 is 0 Å². The molecule has 7 aromatic rings. The van der Waals surface area contributed by atoms with E-state index in [0.29, 0.717) is 11.1 Å². The van der Waals surface area contributed by atoms with Gasteiger partial charge in [0.15, 0.2) is 0 Å². The van der Waals surface area contributed by atoms with E-state index in [1.54, 1.807) is 22.7 Å². The Morgan fingerprint density at radius 2 is 0.811 bits per heavy atom.